The molecule has 0 bridgehead atoms. The number of hydrogen-bond donors (Lipinski definition) is 4. The minimum atomic E-state index is -0.139. The van der Waals surface area contributed by atoms with Crippen LogP contribution in [0.2, 0.25) is 0 Å². The summed E-state index contributed by atoms with van der Waals surface area (Å²) < 4.78 is 4.91. The number of rotatable bonds is 13. The number of aryl methyl sites for hydroxylation is 2. The zero-order valence-electron chi connectivity index (χ0n) is 84.1. The van der Waals surface area contributed by atoms with Crippen molar-refractivity contribution in [1.82, 2.24) is 0 Å². The molecule has 16 aliphatic rings. The Hall–Kier alpha value is -5.84. The molecule has 13 saturated carbocycles. The first-order valence-electron chi connectivity index (χ1n) is 53.3. The van der Waals surface area contributed by atoms with Crippen LogP contribution in [0, 0.1) is 144 Å². The van der Waals surface area contributed by atoms with Gasteiger partial charge in [-0.15, -0.1) is 0 Å². The topological polar surface area (TPSA) is 158 Å². The van der Waals surface area contributed by atoms with E-state index in [-0.39, 0.29) is 69.2 Å². The van der Waals surface area contributed by atoms with E-state index in [1.54, 1.807) is 18.3 Å². The van der Waals surface area contributed by atoms with Crippen molar-refractivity contribution in [1.29, 1.82) is 0 Å². The number of aliphatic hydroxyl groups excluding tert-OH is 4. The lowest BCUT2D eigenvalue weighted by atomic mass is 9.44. The molecule has 0 unspecified atom stereocenters. The van der Waals surface area contributed by atoms with Crippen molar-refractivity contribution < 1.29 is 44.3 Å². The molecule has 0 radical (unpaired) electrons. The van der Waals surface area contributed by atoms with Crippen LogP contribution in [0.3, 0.4) is 0 Å². The van der Waals surface area contributed by atoms with Gasteiger partial charge in [0.1, 0.15) is 23.1 Å². The first-order valence-corrected chi connectivity index (χ1v) is 53.3. The van der Waals surface area contributed by atoms with Crippen molar-refractivity contribution in [3.63, 3.8) is 0 Å². The maximum Gasteiger partial charge on any atom is 0.159 e. The molecule has 16 aliphatic carbocycles. The van der Waals surface area contributed by atoms with E-state index in [9.17, 15) is 39.6 Å². The Morgan fingerprint density at radius 2 is 0.674 bits per heavy atom. The van der Waals surface area contributed by atoms with Gasteiger partial charge in [0, 0.05) is 36.5 Å². The number of fused-ring (bicyclic) bond motifs is 20. The summed E-state index contributed by atoms with van der Waals surface area (Å²) in [5, 5.41) is 40.7. The highest BCUT2D eigenvalue weighted by Gasteiger charge is 2.65. The largest absolute Gasteiger partial charge is 0.497 e. The Morgan fingerprint density at radius 3 is 1.06 bits per heavy atom. The summed E-state index contributed by atoms with van der Waals surface area (Å²) in [7, 11) is 1.66. The quantitative estimate of drug-likeness (QED) is 0.0755. The standard InChI is InChI=1S/C28H40O2.C28H38O2.C28H36O2.C21H32O2.C7H8O.4C2H6/c3*1-27-16-14-21(29)18-20(27)9-10-22-23-11-12-25(28(23,2)17-15-24(22)27)26(30)13-8-19-6-4-3-5-7-19;1-13(22)17-6-7-18-16-5-4-14-12-15(23)8-10-20(14,2)19(16)9-11-21(17,18)3;1-8-7-5-3-2-4-6-7;4*1-2/h3-7,20-25,29H,8-18H2,1-2H3;3-7,9,21-25,29H,8,10-18H2,1-2H3;3-9,13,21-25,29H,10-12,14-18H2,1-2H3;4,15-19,23H,5-12H2,1-3H3;2-6H,1H3;4*1-2H3/b;;13-8+;;;;;;/t20-,21-,22-,23-,24-,25+,27-,28-;2*21-,22-,23-,24-,25+,27-,28-;15-,16-,17+,18-,19-,20-,21+;;;;;/m0000...../s1. The average Bonchev–Trinajstić information content (AvgIpc) is 1.67. The first kappa shape index (κ1) is 102. The number of allylic oxidation sites excluding steroid dienone is 4. The van der Waals surface area contributed by atoms with Gasteiger partial charge in [0.15, 0.2) is 5.78 Å². The Balaban J connectivity index is 0.000000148. The summed E-state index contributed by atoms with van der Waals surface area (Å²) in [4.78, 5) is 52.1. The molecule has 4 aromatic carbocycles. The van der Waals surface area contributed by atoms with E-state index in [4.69, 9.17) is 4.74 Å². The Bertz CT molecular complexity index is 4390. The third kappa shape index (κ3) is 20.8. The molecular formula is C120H178O9. The van der Waals surface area contributed by atoms with E-state index in [2.05, 4.69) is 140 Å². The summed E-state index contributed by atoms with van der Waals surface area (Å²) in [6.07, 6.45) is 51.7. The molecule has 0 amide bonds. The predicted molar refractivity (Wildman–Crippen MR) is 534 cm³/mol. The van der Waals surface area contributed by atoms with Gasteiger partial charge in [-0.25, -0.2) is 0 Å². The molecule has 20 rings (SSSR count). The average molecular weight is 1760 g/mol. The summed E-state index contributed by atoms with van der Waals surface area (Å²) >= 11 is 0. The fraction of sp³-hybridized carbons (Fsp3) is 0.700. The molecule has 4 aromatic rings. The van der Waals surface area contributed by atoms with E-state index in [1.165, 1.54) is 126 Å². The predicted octanol–water partition coefficient (Wildman–Crippen LogP) is 28.9. The molecule has 13 fully saturated rings. The highest BCUT2D eigenvalue weighted by molar-refractivity contribution is 5.96. The van der Waals surface area contributed by atoms with Gasteiger partial charge >= 0.3 is 0 Å². The zero-order valence-corrected chi connectivity index (χ0v) is 84.1. The van der Waals surface area contributed by atoms with Gasteiger partial charge in [-0.3, -0.25) is 19.2 Å². The number of hydrogen-bond acceptors (Lipinski definition) is 9. The summed E-state index contributed by atoms with van der Waals surface area (Å²) in [5.74, 6) is 13.4. The van der Waals surface area contributed by atoms with Crippen LogP contribution in [0.5, 0.6) is 5.75 Å². The molecule has 0 spiro atoms. The molecule has 9 heteroatoms. The van der Waals surface area contributed by atoms with Crippen LogP contribution in [-0.2, 0) is 32.0 Å². The summed E-state index contributed by atoms with van der Waals surface area (Å²) in [6.45, 7) is 37.6. The van der Waals surface area contributed by atoms with Crippen LogP contribution in [0.1, 0.15) is 359 Å². The number of aliphatic hydroxyl groups is 4. The molecule has 4 N–H and O–H groups in total. The number of ketones is 4. The van der Waals surface area contributed by atoms with Crippen molar-refractivity contribution >= 4 is 29.2 Å². The van der Waals surface area contributed by atoms with Gasteiger partial charge in [-0.1, -0.05) is 261 Å². The second kappa shape index (κ2) is 44.3. The number of Topliss-reactive ketones (excluding diaryl/α,β-unsaturated/α-hetero) is 3. The lowest BCUT2D eigenvalue weighted by Crippen LogP contribution is -2.54. The second-order valence-electron chi connectivity index (χ2n) is 44.9. The van der Waals surface area contributed by atoms with Crippen molar-refractivity contribution in [3.05, 3.63) is 179 Å². The van der Waals surface area contributed by atoms with Gasteiger partial charge < -0.3 is 25.2 Å². The highest BCUT2D eigenvalue weighted by atomic mass is 16.5. The monoisotopic (exact) mass is 1760 g/mol. The Morgan fingerprint density at radius 1 is 0.349 bits per heavy atom. The fourth-order valence-electron chi connectivity index (χ4n) is 32.9. The number of carbonyl (C=O) groups excluding carboxylic acids is 4. The van der Waals surface area contributed by atoms with E-state index < -0.39 is 0 Å². The van der Waals surface area contributed by atoms with Crippen LogP contribution in [0.15, 0.2) is 162 Å². The summed E-state index contributed by atoms with van der Waals surface area (Å²) in [5.41, 5.74) is 10.4. The second-order valence-corrected chi connectivity index (χ2v) is 44.9. The highest BCUT2D eigenvalue weighted by Crippen LogP contribution is 2.72. The van der Waals surface area contributed by atoms with Crippen molar-refractivity contribution in [2.75, 3.05) is 7.11 Å². The zero-order chi connectivity index (χ0) is 93.0. The van der Waals surface area contributed by atoms with E-state index >= 15 is 0 Å². The molecular weight excluding hydrogens is 1590 g/mol. The lowest BCUT2D eigenvalue weighted by Gasteiger charge is -2.60. The van der Waals surface area contributed by atoms with Gasteiger partial charge in [0.05, 0.1) is 31.5 Å². The van der Waals surface area contributed by atoms with Crippen LogP contribution in [0.4, 0.5) is 0 Å². The van der Waals surface area contributed by atoms with E-state index in [0.717, 1.165) is 186 Å². The van der Waals surface area contributed by atoms with Crippen LogP contribution >= 0.6 is 0 Å². The number of carbonyl (C=O) groups is 4. The molecule has 29 atom stereocenters. The third-order valence-electron chi connectivity index (χ3n) is 39.7. The minimum absolute atomic E-state index is 0.0634. The number of ether oxygens (including phenoxy) is 1. The molecule has 0 aromatic heterocycles. The third-order valence-corrected chi connectivity index (χ3v) is 39.7. The van der Waals surface area contributed by atoms with E-state index in [1.807, 2.05) is 129 Å². The SMILES string of the molecule is CC.CC.CC.CC.CC(=O)[C@H]1CC[C@H]2[C@@H]3CC=C4C[C@@H](O)CC[C@]4(C)[C@H]3CC[C@]12C.COc1ccccc1.C[C@]12CC[C@H](O)C[C@@H]1CC[C@@H]1[C@@H]2CC[C@]2(C)[C@@H](C(=O)CCc3ccccc3)CC[C@@H]12.C[C@]12CC[C@H]3[C@@H](CC=C4C[C@@H](O)CC[C@@]43C)[C@@H]1CC[C@@H]2C(=O)/C=C/c1ccccc1.C[C@]12CC[C@H]3[C@@H](CC=C4C[C@@H](O)CC[C@@]43C)[C@@H]1CC[C@@H]2C(=O)CCc1ccccc1. The molecule has 129 heavy (non-hydrogen) atoms. The fourth-order valence-corrected chi connectivity index (χ4v) is 32.9. The Labute approximate surface area is 784 Å². The first-order chi connectivity index (χ1) is 62.0. The van der Waals surface area contributed by atoms with E-state index in [0.29, 0.717) is 75.9 Å². The van der Waals surface area contributed by atoms with Crippen LogP contribution < -0.4 is 4.74 Å². The van der Waals surface area contributed by atoms with Gasteiger partial charge in [-0.05, 0) is 387 Å². The van der Waals surface area contributed by atoms with Crippen LogP contribution in [-0.4, -0.2) is 75.1 Å². The van der Waals surface area contributed by atoms with Gasteiger partial charge in [0.25, 0.3) is 0 Å². The number of benzene rings is 4. The van der Waals surface area contributed by atoms with Crippen LogP contribution in [0.25, 0.3) is 6.08 Å². The smallest absolute Gasteiger partial charge is 0.159 e. The summed E-state index contributed by atoms with van der Waals surface area (Å²) in [6, 6.07) is 40.8. The van der Waals surface area contributed by atoms with Gasteiger partial charge in [0.2, 0.25) is 0 Å². The van der Waals surface area contributed by atoms with Crippen molar-refractivity contribution in [2.24, 2.45) is 144 Å². The lowest BCUT2D eigenvalue weighted by molar-refractivity contribution is -0.139. The Kier molecular flexibility index (Phi) is 35.1. The molecule has 9 nitrogen and oxygen atoms in total. The maximum absolute atomic E-state index is 13.3. The van der Waals surface area contributed by atoms with Crippen molar-refractivity contribution in [3.8, 4) is 5.75 Å². The number of methoxy groups -OCH3 is 1. The van der Waals surface area contributed by atoms with Crippen molar-refractivity contribution in [2.45, 2.75) is 380 Å². The minimum Gasteiger partial charge on any atom is -0.497 e. The number of para-hydroxylation sites is 1. The maximum atomic E-state index is 13.3. The normalized spacial score (nSPS) is 40.4. The molecule has 0 saturated heterocycles. The molecule has 712 valence electrons. The van der Waals surface area contributed by atoms with Gasteiger partial charge in [-0.2, -0.15) is 0 Å². The molecule has 0 heterocycles. The molecule has 0 aliphatic heterocycles.